The van der Waals surface area contributed by atoms with Crippen LogP contribution < -0.4 is 4.34 Å². The normalized spacial score (nSPS) is 8.91. The van der Waals surface area contributed by atoms with Crippen LogP contribution in [0.5, 0.6) is 0 Å². The summed E-state index contributed by atoms with van der Waals surface area (Å²) in [6.07, 6.45) is 0. The Kier molecular flexibility index (Phi) is 5.46. The van der Waals surface area contributed by atoms with E-state index in [9.17, 15) is 4.39 Å². The number of benzene rings is 1. The first-order valence-corrected chi connectivity index (χ1v) is 3.70. The zero-order valence-electron chi connectivity index (χ0n) is 5.68. The van der Waals surface area contributed by atoms with Gasteiger partial charge in [-0.3, -0.25) is 4.34 Å². The summed E-state index contributed by atoms with van der Waals surface area (Å²) in [5.41, 5.74) is 1.05. The van der Waals surface area contributed by atoms with Gasteiger partial charge in [-0.05, 0) is 17.7 Å². The van der Waals surface area contributed by atoms with E-state index in [4.69, 9.17) is 0 Å². The maximum absolute atomic E-state index is 12.3. The second-order valence-corrected chi connectivity index (χ2v) is 2.50. The molecule has 0 saturated carbocycles. The van der Waals surface area contributed by atoms with Crippen LogP contribution in [-0.4, -0.2) is 0 Å². The van der Waals surface area contributed by atoms with Crippen LogP contribution in [-0.2, 0) is 6.54 Å². The molecular weight excluding hydrogens is 232 g/mol. The molecule has 0 aromatic heterocycles. The topological polar surface area (TPSA) is 12.0 Å². The Hall–Kier alpha value is -0.120. The molecule has 0 radical (unpaired) electrons. The van der Waals surface area contributed by atoms with Crippen LogP contribution in [0.3, 0.4) is 0 Å². The van der Waals surface area contributed by atoms with Crippen LogP contribution in [0.25, 0.3) is 0 Å². The Morgan fingerprint density at radius 1 is 1.27 bits per heavy atom. The van der Waals surface area contributed by atoms with E-state index in [1.165, 1.54) is 12.1 Å². The van der Waals surface area contributed by atoms with Gasteiger partial charge in [0.25, 0.3) is 0 Å². The summed E-state index contributed by atoms with van der Waals surface area (Å²) in [4.78, 5) is 0. The van der Waals surface area contributed by atoms with Crippen LogP contribution in [0.1, 0.15) is 5.56 Å². The lowest BCUT2D eigenvalue weighted by Gasteiger charge is -1.96. The molecule has 0 spiro atoms. The third kappa shape index (κ3) is 3.70. The van der Waals surface area contributed by atoms with Gasteiger partial charge in [0.2, 0.25) is 0 Å². The summed E-state index contributed by atoms with van der Waals surface area (Å²) in [6, 6.07) is 6.37. The molecule has 0 bridgehead atoms. The van der Waals surface area contributed by atoms with Crippen LogP contribution in [0.15, 0.2) is 24.3 Å². The molecule has 0 fully saturated rings. The van der Waals surface area contributed by atoms with Crippen molar-refractivity contribution in [3.05, 3.63) is 35.6 Å². The molecule has 1 N–H and O–H groups in total. The summed E-state index contributed by atoms with van der Waals surface area (Å²) < 4.78 is 15.1. The molecule has 1 nitrogen and oxygen atoms in total. The molecule has 0 amide bonds. The second kappa shape index (κ2) is 5.52. The number of hydrogen-bond donors (Lipinski definition) is 1. The van der Waals surface area contributed by atoms with Gasteiger partial charge in [-0.1, -0.05) is 12.1 Å². The van der Waals surface area contributed by atoms with Gasteiger partial charge < -0.3 is 0 Å². The largest absolute Gasteiger partial charge is 0.251 e. The lowest BCUT2D eigenvalue weighted by atomic mass is 10.2. The van der Waals surface area contributed by atoms with Crippen molar-refractivity contribution in [2.45, 2.75) is 6.54 Å². The van der Waals surface area contributed by atoms with E-state index in [1.54, 1.807) is 12.1 Å². The van der Waals surface area contributed by atoms with E-state index in [0.29, 0.717) is 6.54 Å². The lowest BCUT2D eigenvalue weighted by Crippen LogP contribution is -1.96. The first-order chi connectivity index (χ1) is 4.83. The molecule has 0 aliphatic heterocycles. The minimum absolute atomic E-state index is 0. The molecule has 0 aliphatic carbocycles. The third-order valence-corrected chi connectivity index (χ3v) is 1.46. The zero-order chi connectivity index (χ0) is 7.40. The molecule has 62 valence electrons. The second-order valence-electron chi connectivity index (χ2n) is 1.94. The molecular formula is C7H8BrClFN. The quantitative estimate of drug-likeness (QED) is 0.784. The van der Waals surface area contributed by atoms with Crippen LogP contribution in [0, 0.1) is 5.82 Å². The maximum Gasteiger partial charge on any atom is 0.123 e. The van der Waals surface area contributed by atoms with Gasteiger partial charge in [0.15, 0.2) is 0 Å². The Morgan fingerprint density at radius 2 is 1.82 bits per heavy atom. The summed E-state index contributed by atoms with van der Waals surface area (Å²) in [6.45, 7) is 0.709. The number of nitrogens with one attached hydrogen (secondary N) is 1. The van der Waals surface area contributed by atoms with Crippen molar-refractivity contribution in [3.8, 4) is 0 Å². The molecule has 1 aromatic carbocycles. The first-order valence-electron chi connectivity index (χ1n) is 2.91. The Labute approximate surface area is 79.7 Å². The highest BCUT2D eigenvalue weighted by atomic mass is 79.9. The lowest BCUT2D eigenvalue weighted by molar-refractivity contribution is 0.627. The van der Waals surface area contributed by atoms with Gasteiger partial charge in [-0.25, -0.2) is 4.39 Å². The maximum atomic E-state index is 12.3. The smallest absolute Gasteiger partial charge is 0.123 e. The summed E-state index contributed by atoms with van der Waals surface area (Å²) in [7, 11) is 0. The van der Waals surface area contributed by atoms with Crippen LogP contribution in [0.4, 0.5) is 4.39 Å². The fourth-order valence-electron chi connectivity index (χ4n) is 0.679. The highest BCUT2D eigenvalue weighted by Gasteiger charge is 1.90. The molecule has 4 heteroatoms. The Morgan fingerprint density at radius 3 is 2.27 bits per heavy atom. The van der Waals surface area contributed by atoms with E-state index in [1.807, 2.05) is 0 Å². The highest BCUT2D eigenvalue weighted by Crippen LogP contribution is 2.01. The van der Waals surface area contributed by atoms with Crippen molar-refractivity contribution in [2.75, 3.05) is 0 Å². The first kappa shape index (κ1) is 10.9. The molecule has 0 heterocycles. The molecule has 0 atom stereocenters. The van der Waals surface area contributed by atoms with E-state index < -0.39 is 0 Å². The van der Waals surface area contributed by atoms with Gasteiger partial charge in [0.1, 0.15) is 5.82 Å². The molecule has 0 aliphatic rings. The number of halogens is 3. The van der Waals surface area contributed by atoms with Gasteiger partial charge in [-0.2, -0.15) is 0 Å². The molecule has 0 unspecified atom stereocenters. The Balaban J connectivity index is 0.000001000. The van der Waals surface area contributed by atoms with Crippen molar-refractivity contribution < 1.29 is 4.39 Å². The van der Waals surface area contributed by atoms with Gasteiger partial charge in [-0.15, -0.1) is 12.4 Å². The van der Waals surface area contributed by atoms with Crippen LogP contribution >= 0.6 is 28.6 Å². The van der Waals surface area contributed by atoms with Crippen molar-refractivity contribution in [1.82, 2.24) is 4.34 Å². The van der Waals surface area contributed by atoms with Crippen molar-refractivity contribution in [1.29, 1.82) is 0 Å². The minimum Gasteiger partial charge on any atom is -0.251 e. The van der Waals surface area contributed by atoms with E-state index in [-0.39, 0.29) is 18.2 Å². The van der Waals surface area contributed by atoms with Crippen LogP contribution in [0.2, 0.25) is 0 Å². The monoisotopic (exact) mass is 239 g/mol. The number of rotatable bonds is 2. The number of hydrogen-bond acceptors (Lipinski definition) is 1. The summed E-state index contributed by atoms with van der Waals surface area (Å²) >= 11 is 3.06. The van der Waals surface area contributed by atoms with E-state index in [0.717, 1.165) is 5.56 Å². The summed E-state index contributed by atoms with van der Waals surface area (Å²) in [5.74, 6) is -0.196. The van der Waals surface area contributed by atoms with Gasteiger partial charge in [0.05, 0.1) is 0 Å². The average Bonchev–Trinajstić information content (AvgIpc) is 1.95. The minimum atomic E-state index is -0.196. The molecule has 11 heavy (non-hydrogen) atoms. The standard InChI is InChI=1S/C7H7BrFN.ClH/c8-10-5-6-1-3-7(9)4-2-6;/h1-4,10H,5H2;1H. The average molecular weight is 241 g/mol. The van der Waals surface area contributed by atoms with Gasteiger partial charge >= 0.3 is 0 Å². The predicted octanol–water partition coefficient (Wildman–Crippen LogP) is 2.65. The predicted molar refractivity (Wildman–Crippen MR) is 49.4 cm³/mol. The zero-order valence-corrected chi connectivity index (χ0v) is 8.08. The summed E-state index contributed by atoms with van der Waals surface area (Å²) in [5, 5.41) is 0. The fraction of sp³-hybridized carbons (Fsp3) is 0.143. The molecule has 1 aromatic rings. The molecule has 1 rings (SSSR count). The fourth-order valence-corrected chi connectivity index (χ4v) is 1.00. The van der Waals surface area contributed by atoms with E-state index in [2.05, 4.69) is 20.5 Å². The molecule has 0 saturated heterocycles. The van der Waals surface area contributed by atoms with Gasteiger partial charge in [0, 0.05) is 22.7 Å². The SMILES string of the molecule is Cl.Fc1ccc(CNBr)cc1. The van der Waals surface area contributed by atoms with Crippen molar-refractivity contribution in [2.24, 2.45) is 0 Å². The van der Waals surface area contributed by atoms with E-state index >= 15 is 0 Å². The van der Waals surface area contributed by atoms with Crippen molar-refractivity contribution in [3.63, 3.8) is 0 Å². The van der Waals surface area contributed by atoms with Crippen molar-refractivity contribution >= 4 is 28.6 Å². The third-order valence-electron chi connectivity index (χ3n) is 1.18. The highest BCUT2D eigenvalue weighted by molar-refractivity contribution is 9.08. The Bertz CT molecular complexity index is 202.